The Balaban J connectivity index is 2.25. The Hall–Kier alpha value is -1.86. The predicted octanol–water partition coefficient (Wildman–Crippen LogP) is 1.21. The Bertz CT molecular complexity index is 537. The van der Waals surface area contributed by atoms with E-state index in [1.165, 1.54) is 17.8 Å². The second-order valence-corrected chi connectivity index (χ2v) is 4.81. The number of nitrogens with two attached hydrogens (primary N) is 3. The number of nitrogens with zero attached hydrogens (tertiary/aromatic N) is 3. The van der Waals surface area contributed by atoms with Crippen molar-refractivity contribution < 1.29 is 0 Å². The van der Waals surface area contributed by atoms with E-state index in [0.717, 1.165) is 10.6 Å². The third-order valence-electron chi connectivity index (χ3n) is 2.23. The van der Waals surface area contributed by atoms with Crippen molar-refractivity contribution in [3.8, 4) is 0 Å². The SMILES string of the molecule is CC(N)c1ccnc(Sc2nc(N)cc(N)n2)c1. The molecule has 7 heteroatoms. The second kappa shape index (κ2) is 5.19. The van der Waals surface area contributed by atoms with Gasteiger partial charge in [0.1, 0.15) is 16.7 Å². The summed E-state index contributed by atoms with van der Waals surface area (Å²) in [6.45, 7) is 1.92. The van der Waals surface area contributed by atoms with Crippen LogP contribution in [0.3, 0.4) is 0 Å². The van der Waals surface area contributed by atoms with Crippen LogP contribution < -0.4 is 17.2 Å². The van der Waals surface area contributed by atoms with Gasteiger partial charge in [0.25, 0.3) is 0 Å². The number of pyridine rings is 1. The highest BCUT2D eigenvalue weighted by Gasteiger charge is 2.06. The first kappa shape index (κ1) is 12.6. The maximum absolute atomic E-state index is 5.82. The van der Waals surface area contributed by atoms with E-state index in [1.807, 2.05) is 19.1 Å². The van der Waals surface area contributed by atoms with Crippen LogP contribution in [-0.2, 0) is 0 Å². The maximum atomic E-state index is 5.82. The van der Waals surface area contributed by atoms with Crippen LogP contribution in [-0.4, -0.2) is 15.0 Å². The van der Waals surface area contributed by atoms with Gasteiger partial charge in [-0.15, -0.1) is 0 Å². The van der Waals surface area contributed by atoms with Gasteiger partial charge in [-0.3, -0.25) is 0 Å². The lowest BCUT2D eigenvalue weighted by Crippen LogP contribution is -2.05. The summed E-state index contributed by atoms with van der Waals surface area (Å²) >= 11 is 1.30. The number of hydrogen-bond donors (Lipinski definition) is 3. The van der Waals surface area contributed by atoms with E-state index in [1.54, 1.807) is 6.20 Å². The van der Waals surface area contributed by atoms with Crippen molar-refractivity contribution in [3.63, 3.8) is 0 Å². The highest BCUT2D eigenvalue weighted by atomic mass is 32.2. The van der Waals surface area contributed by atoms with E-state index in [-0.39, 0.29) is 6.04 Å². The van der Waals surface area contributed by atoms with Gasteiger partial charge in [-0.1, -0.05) is 0 Å². The quantitative estimate of drug-likeness (QED) is 0.711. The molecule has 0 bridgehead atoms. The lowest BCUT2D eigenvalue weighted by molar-refractivity contribution is 0.808. The minimum absolute atomic E-state index is 0.0424. The van der Waals surface area contributed by atoms with Crippen molar-refractivity contribution in [2.45, 2.75) is 23.1 Å². The largest absolute Gasteiger partial charge is 0.383 e. The third-order valence-corrected chi connectivity index (χ3v) is 3.02. The molecule has 18 heavy (non-hydrogen) atoms. The van der Waals surface area contributed by atoms with Gasteiger partial charge >= 0.3 is 0 Å². The van der Waals surface area contributed by atoms with Crippen LogP contribution in [0, 0.1) is 0 Å². The van der Waals surface area contributed by atoms with Crippen LogP contribution in [0.5, 0.6) is 0 Å². The molecule has 2 aromatic rings. The average molecular weight is 262 g/mol. The van der Waals surface area contributed by atoms with Crippen molar-refractivity contribution >= 4 is 23.4 Å². The van der Waals surface area contributed by atoms with Crippen LogP contribution in [0.2, 0.25) is 0 Å². The first-order valence-electron chi connectivity index (χ1n) is 5.34. The molecule has 0 fully saturated rings. The van der Waals surface area contributed by atoms with Gasteiger partial charge in [0.15, 0.2) is 5.16 Å². The molecule has 0 saturated heterocycles. The Morgan fingerprint density at radius 3 is 2.44 bits per heavy atom. The van der Waals surface area contributed by atoms with Gasteiger partial charge in [0.2, 0.25) is 0 Å². The van der Waals surface area contributed by atoms with Gasteiger partial charge in [-0.25, -0.2) is 15.0 Å². The molecule has 0 aromatic carbocycles. The van der Waals surface area contributed by atoms with Crippen LogP contribution in [0.25, 0.3) is 0 Å². The van der Waals surface area contributed by atoms with Crippen molar-refractivity contribution in [1.82, 2.24) is 15.0 Å². The van der Waals surface area contributed by atoms with Gasteiger partial charge in [-0.2, -0.15) is 0 Å². The Kier molecular flexibility index (Phi) is 3.63. The Morgan fingerprint density at radius 2 is 1.83 bits per heavy atom. The van der Waals surface area contributed by atoms with Crippen molar-refractivity contribution in [1.29, 1.82) is 0 Å². The average Bonchev–Trinajstić information content (AvgIpc) is 2.27. The second-order valence-electron chi connectivity index (χ2n) is 3.82. The molecule has 6 N–H and O–H groups in total. The molecule has 1 unspecified atom stereocenters. The normalized spacial score (nSPS) is 12.3. The summed E-state index contributed by atoms with van der Waals surface area (Å²) in [7, 11) is 0. The number of rotatable bonds is 3. The third kappa shape index (κ3) is 3.08. The Labute approximate surface area is 109 Å². The molecule has 2 aromatic heterocycles. The van der Waals surface area contributed by atoms with Crippen LogP contribution in [0.15, 0.2) is 34.6 Å². The number of nitrogen functional groups attached to an aromatic ring is 2. The number of hydrogen-bond acceptors (Lipinski definition) is 7. The monoisotopic (exact) mass is 262 g/mol. The fourth-order valence-electron chi connectivity index (χ4n) is 1.36. The smallest absolute Gasteiger partial charge is 0.197 e. The standard InChI is InChI=1S/C11H14N6S/c1-6(12)7-2-3-15-10(4-7)18-11-16-8(13)5-9(14)17-11/h2-6H,12H2,1H3,(H4,13,14,16,17). The molecule has 0 saturated carbocycles. The first-order valence-corrected chi connectivity index (χ1v) is 6.15. The molecule has 0 amide bonds. The zero-order valence-corrected chi connectivity index (χ0v) is 10.7. The molecular formula is C11H14N6S. The fourth-order valence-corrected chi connectivity index (χ4v) is 2.16. The molecule has 0 aliphatic heterocycles. The molecule has 2 rings (SSSR count). The Morgan fingerprint density at radius 1 is 1.17 bits per heavy atom. The fraction of sp³-hybridized carbons (Fsp3) is 0.182. The first-order chi connectivity index (χ1) is 8.54. The van der Waals surface area contributed by atoms with E-state index < -0.39 is 0 Å². The molecule has 94 valence electrons. The summed E-state index contributed by atoms with van der Waals surface area (Å²) in [5.41, 5.74) is 18.0. The van der Waals surface area contributed by atoms with Crippen molar-refractivity contribution in [3.05, 3.63) is 30.0 Å². The summed E-state index contributed by atoms with van der Waals surface area (Å²) in [6.07, 6.45) is 1.71. The van der Waals surface area contributed by atoms with E-state index >= 15 is 0 Å². The summed E-state index contributed by atoms with van der Waals surface area (Å²) in [4.78, 5) is 12.4. The predicted molar refractivity (Wildman–Crippen MR) is 71.8 cm³/mol. The van der Waals surface area contributed by atoms with Crippen LogP contribution in [0.1, 0.15) is 18.5 Å². The summed E-state index contributed by atoms with van der Waals surface area (Å²) < 4.78 is 0. The van der Waals surface area contributed by atoms with Gasteiger partial charge in [0, 0.05) is 18.3 Å². The molecule has 1 atom stereocenters. The number of anilines is 2. The number of aromatic nitrogens is 3. The highest BCUT2D eigenvalue weighted by molar-refractivity contribution is 7.99. The van der Waals surface area contributed by atoms with E-state index in [0.29, 0.717) is 16.8 Å². The summed E-state index contributed by atoms with van der Waals surface area (Å²) in [6, 6.07) is 5.25. The summed E-state index contributed by atoms with van der Waals surface area (Å²) in [5.74, 6) is 0.682. The zero-order valence-electron chi connectivity index (χ0n) is 9.87. The molecule has 0 aliphatic carbocycles. The van der Waals surface area contributed by atoms with Gasteiger partial charge < -0.3 is 17.2 Å². The van der Waals surface area contributed by atoms with Crippen LogP contribution >= 0.6 is 11.8 Å². The van der Waals surface area contributed by atoms with Crippen molar-refractivity contribution in [2.75, 3.05) is 11.5 Å². The summed E-state index contributed by atoms with van der Waals surface area (Å²) in [5, 5.41) is 1.23. The maximum Gasteiger partial charge on any atom is 0.197 e. The molecule has 0 radical (unpaired) electrons. The molecule has 0 spiro atoms. The molecule has 0 aliphatic rings. The van der Waals surface area contributed by atoms with Crippen molar-refractivity contribution in [2.24, 2.45) is 5.73 Å². The molecular weight excluding hydrogens is 248 g/mol. The van der Waals surface area contributed by atoms with Crippen LogP contribution in [0.4, 0.5) is 11.6 Å². The lowest BCUT2D eigenvalue weighted by Gasteiger charge is -2.07. The van der Waals surface area contributed by atoms with E-state index in [2.05, 4.69) is 15.0 Å². The van der Waals surface area contributed by atoms with E-state index in [9.17, 15) is 0 Å². The van der Waals surface area contributed by atoms with Gasteiger partial charge in [-0.05, 0) is 36.4 Å². The zero-order chi connectivity index (χ0) is 13.1. The minimum Gasteiger partial charge on any atom is -0.383 e. The van der Waals surface area contributed by atoms with Gasteiger partial charge in [0.05, 0.1) is 0 Å². The highest BCUT2D eigenvalue weighted by Crippen LogP contribution is 2.25. The molecule has 6 nitrogen and oxygen atoms in total. The lowest BCUT2D eigenvalue weighted by atomic mass is 10.1. The minimum atomic E-state index is -0.0424. The topological polar surface area (TPSA) is 117 Å². The van der Waals surface area contributed by atoms with E-state index in [4.69, 9.17) is 17.2 Å². The molecule has 2 heterocycles.